The summed E-state index contributed by atoms with van der Waals surface area (Å²) >= 11 is 1.41. The van der Waals surface area contributed by atoms with Crippen LogP contribution in [0.1, 0.15) is 50.9 Å². The highest BCUT2D eigenvalue weighted by Gasteiger charge is 2.23. The fourth-order valence-electron chi connectivity index (χ4n) is 2.81. The highest BCUT2D eigenvalue weighted by Crippen LogP contribution is 2.31. The minimum Gasteiger partial charge on any atom is -0.344 e. The van der Waals surface area contributed by atoms with E-state index in [2.05, 4.69) is 35.4 Å². The zero-order valence-corrected chi connectivity index (χ0v) is 12.6. The van der Waals surface area contributed by atoms with E-state index in [1.807, 2.05) is 6.92 Å². The average molecular weight is 286 g/mol. The van der Waals surface area contributed by atoms with E-state index in [4.69, 9.17) is 0 Å². The molecule has 0 radical (unpaired) electrons. The lowest BCUT2D eigenvalue weighted by atomic mass is 9.86. The third-order valence-electron chi connectivity index (χ3n) is 3.87. The first-order chi connectivity index (χ1) is 9.65. The Labute approximate surface area is 123 Å². The van der Waals surface area contributed by atoms with Crippen molar-refractivity contribution in [1.29, 1.82) is 0 Å². The first-order valence-corrected chi connectivity index (χ1v) is 7.83. The van der Waals surface area contributed by atoms with E-state index in [-0.39, 0.29) is 11.9 Å². The van der Waals surface area contributed by atoms with Crippen LogP contribution in [0, 0.1) is 13.8 Å². The smallest absolute Gasteiger partial charge is 0.263 e. The molecule has 1 N–H and O–H groups in total. The second kappa shape index (κ2) is 5.37. The van der Waals surface area contributed by atoms with Crippen molar-refractivity contribution in [1.82, 2.24) is 10.3 Å². The van der Waals surface area contributed by atoms with Crippen LogP contribution in [-0.4, -0.2) is 10.9 Å². The fourth-order valence-corrected chi connectivity index (χ4v) is 3.52. The highest BCUT2D eigenvalue weighted by atomic mass is 32.1. The molecule has 1 heterocycles. The number of thiazole rings is 1. The van der Waals surface area contributed by atoms with Crippen LogP contribution in [-0.2, 0) is 6.42 Å². The number of hydrogen-bond donors (Lipinski definition) is 1. The molecular formula is C16H18N2OS. The van der Waals surface area contributed by atoms with Crippen molar-refractivity contribution in [2.24, 2.45) is 0 Å². The molecule has 1 unspecified atom stereocenters. The molecule has 4 heteroatoms. The Morgan fingerprint density at radius 1 is 1.40 bits per heavy atom. The second-order valence-electron chi connectivity index (χ2n) is 5.39. The zero-order valence-electron chi connectivity index (χ0n) is 11.8. The van der Waals surface area contributed by atoms with Gasteiger partial charge in [0.25, 0.3) is 5.91 Å². The Balaban J connectivity index is 1.85. The van der Waals surface area contributed by atoms with Crippen LogP contribution in [0.3, 0.4) is 0 Å². The zero-order chi connectivity index (χ0) is 14.1. The molecule has 104 valence electrons. The summed E-state index contributed by atoms with van der Waals surface area (Å²) in [4.78, 5) is 17.2. The molecule has 0 fully saturated rings. The number of nitrogens with one attached hydrogen (secondary N) is 1. The SMILES string of the molecule is Cc1ccc2c(c1)C(NC(=O)c1scnc1C)CCC2. The molecule has 0 saturated heterocycles. The van der Waals surface area contributed by atoms with Gasteiger partial charge in [-0.25, -0.2) is 4.98 Å². The van der Waals surface area contributed by atoms with Gasteiger partial charge in [-0.3, -0.25) is 4.79 Å². The first kappa shape index (κ1) is 13.3. The van der Waals surface area contributed by atoms with Crippen LogP contribution in [0.4, 0.5) is 0 Å². The van der Waals surface area contributed by atoms with Crippen molar-refractivity contribution in [3.8, 4) is 0 Å². The number of hydrogen-bond acceptors (Lipinski definition) is 3. The number of aromatic nitrogens is 1. The van der Waals surface area contributed by atoms with Gasteiger partial charge < -0.3 is 5.32 Å². The average Bonchev–Trinajstić information content (AvgIpc) is 2.86. The van der Waals surface area contributed by atoms with Crippen LogP contribution < -0.4 is 5.32 Å². The monoisotopic (exact) mass is 286 g/mol. The Morgan fingerprint density at radius 3 is 3.00 bits per heavy atom. The topological polar surface area (TPSA) is 42.0 Å². The van der Waals surface area contributed by atoms with Gasteiger partial charge in [0.1, 0.15) is 4.88 Å². The van der Waals surface area contributed by atoms with Gasteiger partial charge in [0.15, 0.2) is 0 Å². The van der Waals surface area contributed by atoms with Crippen LogP contribution in [0.2, 0.25) is 0 Å². The highest BCUT2D eigenvalue weighted by molar-refractivity contribution is 7.11. The Kier molecular flexibility index (Phi) is 3.57. The largest absolute Gasteiger partial charge is 0.344 e. The van der Waals surface area contributed by atoms with Crippen LogP contribution in [0.5, 0.6) is 0 Å². The van der Waals surface area contributed by atoms with Crippen molar-refractivity contribution in [2.75, 3.05) is 0 Å². The fraction of sp³-hybridized carbons (Fsp3) is 0.375. The molecule has 3 nitrogen and oxygen atoms in total. The third-order valence-corrected chi connectivity index (χ3v) is 4.80. The molecule has 3 rings (SSSR count). The van der Waals surface area contributed by atoms with Gasteiger partial charge in [-0.15, -0.1) is 11.3 Å². The molecule has 0 saturated carbocycles. The van der Waals surface area contributed by atoms with Gasteiger partial charge >= 0.3 is 0 Å². The van der Waals surface area contributed by atoms with Crippen LogP contribution in [0.15, 0.2) is 23.7 Å². The Bertz CT molecular complexity index is 648. The maximum absolute atomic E-state index is 12.3. The van der Waals surface area contributed by atoms with E-state index >= 15 is 0 Å². The normalized spacial score (nSPS) is 17.6. The summed E-state index contributed by atoms with van der Waals surface area (Å²) in [7, 11) is 0. The number of rotatable bonds is 2. The summed E-state index contributed by atoms with van der Waals surface area (Å²) in [5.41, 5.74) is 6.44. The van der Waals surface area contributed by atoms with Gasteiger partial charge in [0.2, 0.25) is 0 Å². The maximum atomic E-state index is 12.3. The van der Waals surface area contributed by atoms with E-state index in [0.717, 1.165) is 29.8 Å². The number of carbonyl (C=O) groups excluding carboxylic acids is 1. The number of fused-ring (bicyclic) bond motifs is 1. The predicted molar refractivity (Wildman–Crippen MR) is 81.2 cm³/mol. The van der Waals surface area contributed by atoms with Gasteiger partial charge in [0.05, 0.1) is 17.2 Å². The number of nitrogens with zero attached hydrogens (tertiary/aromatic N) is 1. The van der Waals surface area contributed by atoms with Gasteiger partial charge in [-0.05, 0) is 44.2 Å². The number of carbonyl (C=O) groups is 1. The number of benzene rings is 1. The second-order valence-corrected chi connectivity index (χ2v) is 6.24. The van der Waals surface area contributed by atoms with E-state index < -0.39 is 0 Å². The predicted octanol–water partition coefficient (Wildman–Crippen LogP) is 3.57. The Hall–Kier alpha value is -1.68. The molecule has 1 aromatic heterocycles. The molecule has 1 amide bonds. The summed E-state index contributed by atoms with van der Waals surface area (Å²) in [6.45, 7) is 3.98. The van der Waals surface area contributed by atoms with Crippen molar-refractivity contribution in [2.45, 2.75) is 39.2 Å². The van der Waals surface area contributed by atoms with Crippen LogP contribution >= 0.6 is 11.3 Å². The summed E-state index contributed by atoms with van der Waals surface area (Å²) in [5, 5.41) is 3.18. The first-order valence-electron chi connectivity index (χ1n) is 6.95. The lowest BCUT2D eigenvalue weighted by Gasteiger charge is -2.26. The Morgan fingerprint density at radius 2 is 2.25 bits per heavy atom. The number of aryl methyl sites for hydroxylation is 3. The van der Waals surface area contributed by atoms with E-state index in [1.54, 1.807) is 5.51 Å². The van der Waals surface area contributed by atoms with Crippen molar-refractivity contribution >= 4 is 17.2 Å². The molecule has 1 aromatic carbocycles. The summed E-state index contributed by atoms with van der Waals surface area (Å²) < 4.78 is 0. The summed E-state index contributed by atoms with van der Waals surface area (Å²) in [6.07, 6.45) is 3.25. The van der Waals surface area contributed by atoms with E-state index in [1.165, 1.54) is 28.0 Å². The maximum Gasteiger partial charge on any atom is 0.263 e. The van der Waals surface area contributed by atoms with E-state index in [0.29, 0.717) is 0 Å². The molecule has 0 aliphatic heterocycles. The van der Waals surface area contributed by atoms with Crippen molar-refractivity contribution in [3.05, 3.63) is 51.0 Å². The quantitative estimate of drug-likeness (QED) is 0.917. The van der Waals surface area contributed by atoms with Gasteiger partial charge in [0, 0.05) is 0 Å². The van der Waals surface area contributed by atoms with Crippen LogP contribution in [0.25, 0.3) is 0 Å². The lowest BCUT2D eigenvalue weighted by molar-refractivity contribution is 0.0936. The summed E-state index contributed by atoms with van der Waals surface area (Å²) in [5.74, 6) is 0.00403. The number of amides is 1. The van der Waals surface area contributed by atoms with Crippen molar-refractivity contribution < 1.29 is 4.79 Å². The summed E-state index contributed by atoms with van der Waals surface area (Å²) in [6, 6.07) is 6.68. The molecular weight excluding hydrogens is 268 g/mol. The van der Waals surface area contributed by atoms with Gasteiger partial charge in [-0.1, -0.05) is 23.8 Å². The third kappa shape index (κ3) is 2.48. The molecule has 0 spiro atoms. The van der Waals surface area contributed by atoms with Crippen molar-refractivity contribution in [3.63, 3.8) is 0 Å². The molecule has 20 heavy (non-hydrogen) atoms. The molecule has 0 bridgehead atoms. The van der Waals surface area contributed by atoms with Gasteiger partial charge in [-0.2, -0.15) is 0 Å². The lowest BCUT2D eigenvalue weighted by Crippen LogP contribution is -2.31. The molecule has 1 aliphatic rings. The standard InChI is InChI=1S/C16H18N2OS/c1-10-6-7-12-4-3-5-14(13(12)8-10)18-16(19)15-11(2)17-9-20-15/h6-9,14H,3-5H2,1-2H3,(H,18,19). The minimum absolute atomic E-state index is 0.00403. The molecule has 1 atom stereocenters. The minimum atomic E-state index is 0.00403. The molecule has 1 aliphatic carbocycles. The molecule has 2 aromatic rings. The van der Waals surface area contributed by atoms with E-state index in [9.17, 15) is 4.79 Å².